The molecule has 0 saturated carbocycles. The first-order valence-corrected chi connectivity index (χ1v) is 7.56. The second kappa shape index (κ2) is 6.60. The number of urea groups is 1. The van der Waals surface area contributed by atoms with Crippen LogP contribution in [0.5, 0.6) is 0 Å². The zero-order valence-corrected chi connectivity index (χ0v) is 12.4. The molecule has 1 N–H and O–H groups in total. The predicted molar refractivity (Wildman–Crippen MR) is 84.1 cm³/mol. The largest absolute Gasteiger partial charge is 0.338 e. The van der Waals surface area contributed by atoms with Crippen molar-refractivity contribution in [2.24, 2.45) is 0 Å². The minimum atomic E-state index is -0.239. The summed E-state index contributed by atoms with van der Waals surface area (Å²) in [5.41, 5.74) is 3.43. The molecule has 3 rings (SSSR count). The molecule has 4 heteroatoms. The van der Waals surface area contributed by atoms with Gasteiger partial charge in [0.1, 0.15) is 5.82 Å². The van der Waals surface area contributed by atoms with Gasteiger partial charge in [-0.1, -0.05) is 36.4 Å². The third kappa shape index (κ3) is 3.45. The average molecular weight is 298 g/mol. The molecule has 0 unspecified atom stereocenters. The van der Waals surface area contributed by atoms with Gasteiger partial charge in [-0.15, -0.1) is 0 Å². The van der Waals surface area contributed by atoms with Crippen molar-refractivity contribution in [1.29, 1.82) is 0 Å². The highest BCUT2D eigenvalue weighted by molar-refractivity contribution is 5.74. The Morgan fingerprint density at radius 3 is 2.77 bits per heavy atom. The molecule has 0 fully saturated rings. The van der Waals surface area contributed by atoms with Gasteiger partial charge in [-0.25, -0.2) is 9.18 Å². The van der Waals surface area contributed by atoms with Crippen molar-refractivity contribution in [3.05, 3.63) is 71.0 Å². The molecule has 0 bridgehead atoms. The number of amides is 2. The number of carbonyl (C=O) groups excluding carboxylic acids is 1. The van der Waals surface area contributed by atoms with E-state index in [1.54, 1.807) is 6.07 Å². The maximum atomic E-state index is 13.1. The Hall–Kier alpha value is -2.36. The van der Waals surface area contributed by atoms with Crippen LogP contribution in [0.2, 0.25) is 0 Å². The van der Waals surface area contributed by atoms with Crippen molar-refractivity contribution in [2.75, 3.05) is 13.1 Å². The Morgan fingerprint density at radius 1 is 1.14 bits per heavy atom. The van der Waals surface area contributed by atoms with Gasteiger partial charge in [0.2, 0.25) is 0 Å². The number of halogens is 1. The van der Waals surface area contributed by atoms with Crippen LogP contribution < -0.4 is 5.32 Å². The lowest BCUT2D eigenvalue weighted by atomic mass is 10.0. The number of hydrogen-bond donors (Lipinski definition) is 1. The third-order valence-corrected chi connectivity index (χ3v) is 4.00. The molecule has 22 heavy (non-hydrogen) atoms. The van der Waals surface area contributed by atoms with Gasteiger partial charge in [-0.3, -0.25) is 0 Å². The van der Waals surface area contributed by atoms with Gasteiger partial charge in [-0.05, 0) is 41.7 Å². The standard InChI is InChI=1S/C18H19FN2O/c19-17-7-3-4-14(12-17)8-10-20-18(22)21-11-9-15-5-1-2-6-16(15)13-21/h1-7,12H,8-11,13H2,(H,20,22). The number of nitrogens with one attached hydrogen (secondary N) is 1. The van der Waals surface area contributed by atoms with Crippen LogP contribution in [-0.2, 0) is 19.4 Å². The van der Waals surface area contributed by atoms with E-state index < -0.39 is 0 Å². The number of benzene rings is 2. The first-order chi connectivity index (χ1) is 10.7. The van der Waals surface area contributed by atoms with Crippen molar-refractivity contribution in [3.8, 4) is 0 Å². The quantitative estimate of drug-likeness (QED) is 0.927. The fourth-order valence-corrected chi connectivity index (χ4v) is 2.79. The lowest BCUT2D eigenvalue weighted by Gasteiger charge is -2.29. The van der Waals surface area contributed by atoms with Crippen LogP contribution in [0.4, 0.5) is 9.18 Å². The van der Waals surface area contributed by atoms with Gasteiger partial charge in [0.25, 0.3) is 0 Å². The maximum absolute atomic E-state index is 13.1. The summed E-state index contributed by atoms with van der Waals surface area (Å²) < 4.78 is 13.1. The lowest BCUT2D eigenvalue weighted by Crippen LogP contribution is -2.43. The van der Waals surface area contributed by atoms with Crippen molar-refractivity contribution in [2.45, 2.75) is 19.4 Å². The molecule has 0 spiro atoms. The highest BCUT2D eigenvalue weighted by Crippen LogP contribution is 2.18. The highest BCUT2D eigenvalue weighted by Gasteiger charge is 2.19. The van der Waals surface area contributed by atoms with Crippen LogP contribution in [0.3, 0.4) is 0 Å². The fraction of sp³-hybridized carbons (Fsp3) is 0.278. The number of hydrogen-bond acceptors (Lipinski definition) is 1. The van der Waals surface area contributed by atoms with Crippen LogP contribution in [-0.4, -0.2) is 24.0 Å². The Balaban J connectivity index is 1.51. The molecule has 1 aliphatic rings. The summed E-state index contributed by atoms with van der Waals surface area (Å²) in [6.45, 7) is 1.91. The third-order valence-electron chi connectivity index (χ3n) is 4.00. The SMILES string of the molecule is O=C(NCCc1cccc(F)c1)N1CCc2ccccc2C1. The molecule has 2 amide bonds. The maximum Gasteiger partial charge on any atom is 0.317 e. The molecule has 0 aromatic heterocycles. The van der Waals surface area contributed by atoms with Gasteiger partial charge >= 0.3 is 6.03 Å². The molecule has 0 atom stereocenters. The molecule has 1 heterocycles. The second-order valence-corrected chi connectivity index (χ2v) is 5.55. The van der Waals surface area contributed by atoms with Crippen LogP contribution in [0.1, 0.15) is 16.7 Å². The Morgan fingerprint density at radius 2 is 1.95 bits per heavy atom. The van der Waals surface area contributed by atoms with Crippen LogP contribution >= 0.6 is 0 Å². The summed E-state index contributed by atoms with van der Waals surface area (Å²) in [5.74, 6) is -0.239. The molecule has 0 radical (unpaired) electrons. The van der Waals surface area contributed by atoms with E-state index >= 15 is 0 Å². The topological polar surface area (TPSA) is 32.3 Å². The van der Waals surface area contributed by atoms with E-state index in [1.165, 1.54) is 23.3 Å². The summed E-state index contributed by atoms with van der Waals surface area (Å²) in [5, 5.41) is 2.92. The summed E-state index contributed by atoms with van der Waals surface area (Å²) in [7, 11) is 0. The van der Waals surface area contributed by atoms with Gasteiger partial charge in [0.05, 0.1) is 0 Å². The monoisotopic (exact) mass is 298 g/mol. The van der Waals surface area contributed by atoms with Crippen LogP contribution in [0, 0.1) is 5.82 Å². The molecular formula is C18H19FN2O. The first-order valence-electron chi connectivity index (χ1n) is 7.56. The fourth-order valence-electron chi connectivity index (χ4n) is 2.79. The smallest absolute Gasteiger partial charge is 0.317 e. The van der Waals surface area contributed by atoms with Crippen molar-refractivity contribution in [1.82, 2.24) is 10.2 Å². The van der Waals surface area contributed by atoms with E-state index in [0.29, 0.717) is 19.5 Å². The zero-order valence-electron chi connectivity index (χ0n) is 12.4. The number of fused-ring (bicyclic) bond motifs is 1. The van der Waals surface area contributed by atoms with Crippen molar-refractivity contribution < 1.29 is 9.18 Å². The van der Waals surface area contributed by atoms with E-state index in [-0.39, 0.29) is 11.8 Å². The average Bonchev–Trinajstić information content (AvgIpc) is 2.54. The molecule has 3 nitrogen and oxygen atoms in total. The van der Waals surface area contributed by atoms with Crippen LogP contribution in [0.15, 0.2) is 48.5 Å². The van der Waals surface area contributed by atoms with Gasteiger partial charge in [-0.2, -0.15) is 0 Å². The Labute approximate surface area is 129 Å². The summed E-state index contributed by atoms with van der Waals surface area (Å²) in [6.07, 6.45) is 1.53. The van der Waals surface area contributed by atoms with Crippen LogP contribution in [0.25, 0.3) is 0 Å². The zero-order chi connectivity index (χ0) is 15.4. The summed E-state index contributed by atoms with van der Waals surface area (Å²) in [6, 6.07) is 14.7. The normalized spacial score (nSPS) is 13.6. The van der Waals surface area contributed by atoms with E-state index in [1.807, 2.05) is 23.1 Å². The number of carbonyl (C=O) groups is 1. The van der Waals surface area contributed by atoms with Gasteiger partial charge in [0, 0.05) is 19.6 Å². The summed E-state index contributed by atoms with van der Waals surface area (Å²) in [4.78, 5) is 14.0. The molecule has 1 aliphatic heterocycles. The molecule has 0 saturated heterocycles. The minimum Gasteiger partial charge on any atom is -0.338 e. The molecule has 114 valence electrons. The van der Waals surface area contributed by atoms with E-state index in [4.69, 9.17) is 0 Å². The lowest BCUT2D eigenvalue weighted by molar-refractivity contribution is 0.192. The predicted octanol–water partition coefficient (Wildman–Crippen LogP) is 3.14. The number of rotatable bonds is 3. The Kier molecular flexibility index (Phi) is 4.37. The van der Waals surface area contributed by atoms with Gasteiger partial charge < -0.3 is 10.2 Å². The second-order valence-electron chi connectivity index (χ2n) is 5.55. The molecule has 2 aromatic rings. The molecular weight excluding hydrogens is 279 g/mol. The molecule has 2 aromatic carbocycles. The minimum absolute atomic E-state index is 0.0501. The van der Waals surface area contributed by atoms with E-state index in [9.17, 15) is 9.18 Å². The van der Waals surface area contributed by atoms with Crippen molar-refractivity contribution >= 4 is 6.03 Å². The van der Waals surface area contributed by atoms with E-state index in [0.717, 1.165) is 18.5 Å². The Bertz CT molecular complexity index is 672. The molecule has 0 aliphatic carbocycles. The number of nitrogens with zero attached hydrogens (tertiary/aromatic N) is 1. The summed E-state index contributed by atoms with van der Waals surface area (Å²) >= 11 is 0. The van der Waals surface area contributed by atoms with E-state index in [2.05, 4.69) is 17.4 Å². The van der Waals surface area contributed by atoms with Crippen molar-refractivity contribution in [3.63, 3.8) is 0 Å². The first kappa shape index (κ1) is 14.6. The van der Waals surface area contributed by atoms with Gasteiger partial charge in [0.15, 0.2) is 0 Å². The highest BCUT2D eigenvalue weighted by atomic mass is 19.1.